The number of hydrogen-bond acceptors (Lipinski definition) is 4. The van der Waals surface area contributed by atoms with Gasteiger partial charge in [-0.25, -0.2) is 0 Å². The minimum atomic E-state index is 0.340. The molecule has 1 aliphatic rings. The fraction of sp³-hybridized carbons (Fsp3) is 0.500. The smallest absolute Gasteiger partial charge is 0.139 e. The molecule has 1 aromatic rings. The summed E-state index contributed by atoms with van der Waals surface area (Å²) in [7, 11) is 2.12. The molecular formula is C12H19N3O. The van der Waals surface area contributed by atoms with Crippen LogP contribution in [0.3, 0.4) is 0 Å². The summed E-state index contributed by atoms with van der Waals surface area (Å²) in [5.41, 5.74) is 7.42. The van der Waals surface area contributed by atoms with Crippen LogP contribution in [0.4, 0.5) is 5.69 Å². The molecule has 2 rings (SSSR count). The summed E-state index contributed by atoms with van der Waals surface area (Å²) < 4.78 is 0. The van der Waals surface area contributed by atoms with Crippen LogP contribution in [0.1, 0.15) is 5.56 Å². The number of benzene rings is 1. The van der Waals surface area contributed by atoms with Gasteiger partial charge in [-0.05, 0) is 24.7 Å². The number of aromatic hydroxyl groups is 1. The zero-order valence-corrected chi connectivity index (χ0v) is 9.69. The van der Waals surface area contributed by atoms with Crippen LogP contribution in [-0.4, -0.2) is 43.2 Å². The van der Waals surface area contributed by atoms with Gasteiger partial charge in [0.1, 0.15) is 5.75 Å². The van der Waals surface area contributed by atoms with E-state index < -0.39 is 0 Å². The van der Waals surface area contributed by atoms with Gasteiger partial charge >= 0.3 is 0 Å². The molecule has 3 N–H and O–H groups in total. The fourth-order valence-electron chi connectivity index (χ4n) is 2.01. The van der Waals surface area contributed by atoms with Crippen molar-refractivity contribution in [3.63, 3.8) is 0 Å². The van der Waals surface area contributed by atoms with E-state index in [1.165, 1.54) is 0 Å². The maximum atomic E-state index is 9.93. The SMILES string of the molecule is CN1CCN(c2ccc(CN)cc2O)CC1. The quantitative estimate of drug-likeness (QED) is 0.768. The highest BCUT2D eigenvalue weighted by atomic mass is 16.3. The van der Waals surface area contributed by atoms with Gasteiger partial charge in [0.25, 0.3) is 0 Å². The van der Waals surface area contributed by atoms with Crippen molar-refractivity contribution in [1.29, 1.82) is 0 Å². The first-order valence-electron chi connectivity index (χ1n) is 5.66. The standard InChI is InChI=1S/C12H19N3O/c1-14-4-6-15(7-5-14)11-3-2-10(9-13)8-12(11)16/h2-3,8,16H,4-7,9,13H2,1H3. The lowest BCUT2D eigenvalue weighted by atomic mass is 10.1. The molecule has 1 saturated heterocycles. The third-order valence-electron chi connectivity index (χ3n) is 3.12. The van der Waals surface area contributed by atoms with Crippen molar-refractivity contribution in [2.75, 3.05) is 38.1 Å². The second kappa shape index (κ2) is 4.72. The van der Waals surface area contributed by atoms with E-state index in [0.717, 1.165) is 37.4 Å². The number of anilines is 1. The van der Waals surface area contributed by atoms with Gasteiger partial charge in [0.2, 0.25) is 0 Å². The highest BCUT2D eigenvalue weighted by molar-refractivity contribution is 5.59. The molecule has 0 saturated carbocycles. The number of rotatable bonds is 2. The predicted molar refractivity (Wildman–Crippen MR) is 65.7 cm³/mol. The minimum Gasteiger partial charge on any atom is -0.506 e. The average molecular weight is 221 g/mol. The topological polar surface area (TPSA) is 52.7 Å². The second-order valence-corrected chi connectivity index (χ2v) is 4.32. The summed E-state index contributed by atoms with van der Waals surface area (Å²) in [5, 5.41) is 9.93. The first kappa shape index (κ1) is 11.2. The van der Waals surface area contributed by atoms with Gasteiger partial charge in [0.15, 0.2) is 0 Å². The summed E-state index contributed by atoms with van der Waals surface area (Å²) in [5.74, 6) is 0.340. The molecule has 0 amide bonds. The molecular weight excluding hydrogens is 202 g/mol. The number of hydrogen-bond donors (Lipinski definition) is 2. The Hall–Kier alpha value is -1.26. The van der Waals surface area contributed by atoms with Crippen molar-refractivity contribution >= 4 is 5.69 Å². The number of piperazine rings is 1. The molecule has 1 aliphatic heterocycles. The highest BCUT2D eigenvalue weighted by Crippen LogP contribution is 2.28. The van der Waals surface area contributed by atoms with E-state index in [0.29, 0.717) is 12.3 Å². The van der Waals surface area contributed by atoms with E-state index in [1.807, 2.05) is 12.1 Å². The largest absolute Gasteiger partial charge is 0.506 e. The Labute approximate surface area is 96.3 Å². The number of nitrogens with two attached hydrogens (primary N) is 1. The van der Waals surface area contributed by atoms with Crippen LogP contribution in [0.2, 0.25) is 0 Å². The third-order valence-corrected chi connectivity index (χ3v) is 3.12. The Bertz CT molecular complexity index is 359. The van der Waals surface area contributed by atoms with E-state index in [4.69, 9.17) is 5.73 Å². The molecule has 0 aliphatic carbocycles. The monoisotopic (exact) mass is 221 g/mol. The predicted octanol–water partition coefficient (Wildman–Crippen LogP) is 0.603. The highest BCUT2D eigenvalue weighted by Gasteiger charge is 2.16. The number of likely N-dealkylation sites (N-methyl/N-ethyl adjacent to an activating group) is 1. The molecule has 0 aromatic heterocycles. The number of phenols is 1. The van der Waals surface area contributed by atoms with Crippen LogP contribution in [0, 0.1) is 0 Å². The van der Waals surface area contributed by atoms with Crippen LogP contribution in [0.15, 0.2) is 18.2 Å². The summed E-state index contributed by atoms with van der Waals surface area (Å²) in [6, 6.07) is 5.70. The Balaban J connectivity index is 2.14. The number of phenolic OH excluding ortho intramolecular Hbond substituents is 1. The molecule has 1 aromatic carbocycles. The molecule has 0 atom stereocenters. The van der Waals surface area contributed by atoms with Gasteiger partial charge in [-0.3, -0.25) is 0 Å². The zero-order valence-electron chi connectivity index (χ0n) is 9.69. The first-order chi connectivity index (χ1) is 7.70. The summed E-state index contributed by atoms with van der Waals surface area (Å²) in [6.45, 7) is 4.48. The lowest BCUT2D eigenvalue weighted by Gasteiger charge is -2.34. The minimum absolute atomic E-state index is 0.340. The van der Waals surface area contributed by atoms with Gasteiger partial charge in [0.05, 0.1) is 5.69 Å². The lowest BCUT2D eigenvalue weighted by Crippen LogP contribution is -2.44. The lowest BCUT2D eigenvalue weighted by molar-refractivity contribution is 0.311. The van der Waals surface area contributed by atoms with Crippen molar-refractivity contribution in [3.8, 4) is 5.75 Å². The molecule has 0 unspecified atom stereocenters. The van der Waals surface area contributed by atoms with Gasteiger partial charge in [-0.2, -0.15) is 0 Å². The van der Waals surface area contributed by atoms with Crippen molar-refractivity contribution in [3.05, 3.63) is 23.8 Å². The van der Waals surface area contributed by atoms with Gasteiger partial charge < -0.3 is 20.6 Å². The maximum Gasteiger partial charge on any atom is 0.139 e. The Morgan fingerprint density at radius 1 is 1.25 bits per heavy atom. The average Bonchev–Trinajstić information content (AvgIpc) is 2.30. The van der Waals surface area contributed by atoms with Crippen molar-refractivity contribution in [2.45, 2.75) is 6.54 Å². The molecule has 0 spiro atoms. The van der Waals surface area contributed by atoms with E-state index in [1.54, 1.807) is 6.07 Å². The molecule has 1 fully saturated rings. The summed E-state index contributed by atoms with van der Waals surface area (Å²) in [4.78, 5) is 4.51. The Morgan fingerprint density at radius 2 is 1.94 bits per heavy atom. The van der Waals surface area contributed by atoms with Gasteiger partial charge in [-0.1, -0.05) is 6.07 Å². The summed E-state index contributed by atoms with van der Waals surface area (Å²) >= 11 is 0. The molecule has 0 bridgehead atoms. The number of nitrogens with zero attached hydrogens (tertiary/aromatic N) is 2. The van der Waals surface area contributed by atoms with E-state index in [-0.39, 0.29) is 0 Å². The normalized spacial score (nSPS) is 17.8. The van der Waals surface area contributed by atoms with E-state index in [2.05, 4.69) is 16.8 Å². The van der Waals surface area contributed by atoms with Crippen LogP contribution in [0.25, 0.3) is 0 Å². The molecule has 4 heteroatoms. The van der Waals surface area contributed by atoms with Crippen molar-refractivity contribution in [2.24, 2.45) is 5.73 Å². The molecule has 1 heterocycles. The van der Waals surface area contributed by atoms with Crippen LogP contribution < -0.4 is 10.6 Å². The van der Waals surface area contributed by atoms with E-state index >= 15 is 0 Å². The molecule has 16 heavy (non-hydrogen) atoms. The molecule has 4 nitrogen and oxygen atoms in total. The van der Waals surface area contributed by atoms with Gasteiger partial charge in [0, 0.05) is 32.7 Å². The van der Waals surface area contributed by atoms with Crippen LogP contribution in [-0.2, 0) is 6.54 Å². The van der Waals surface area contributed by atoms with Gasteiger partial charge in [-0.15, -0.1) is 0 Å². The third kappa shape index (κ3) is 2.28. The van der Waals surface area contributed by atoms with Crippen molar-refractivity contribution < 1.29 is 5.11 Å². The van der Waals surface area contributed by atoms with Crippen molar-refractivity contribution in [1.82, 2.24) is 4.90 Å². The van der Waals surface area contributed by atoms with Crippen LogP contribution >= 0.6 is 0 Å². The first-order valence-corrected chi connectivity index (χ1v) is 5.66. The molecule has 0 radical (unpaired) electrons. The second-order valence-electron chi connectivity index (χ2n) is 4.32. The molecule has 88 valence electrons. The zero-order chi connectivity index (χ0) is 11.5. The Morgan fingerprint density at radius 3 is 2.50 bits per heavy atom. The maximum absolute atomic E-state index is 9.93. The summed E-state index contributed by atoms with van der Waals surface area (Å²) in [6.07, 6.45) is 0. The Kier molecular flexibility index (Phi) is 3.31. The van der Waals surface area contributed by atoms with E-state index in [9.17, 15) is 5.11 Å². The van der Waals surface area contributed by atoms with Crippen LogP contribution in [0.5, 0.6) is 5.75 Å². The fourth-order valence-corrected chi connectivity index (χ4v) is 2.01.